The molecule has 5 nitrogen and oxygen atoms in total. The van der Waals surface area contributed by atoms with Crippen LogP contribution in [-0.4, -0.2) is 19.8 Å². The summed E-state index contributed by atoms with van der Waals surface area (Å²) in [5, 5.41) is 6.59. The Morgan fingerprint density at radius 1 is 0.264 bits per heavy atom. The number of rotatable bonds is 0. The van der Waals surface area contributed by atoms with Crippen molar-refractivity contribution < 1.29 is 14.2 Å². The van der Waals surface area contributed by atoms with E-state index in [9.17, 15) is 0 Å². The highest BCUT2D eigenvalue weighted by atomic mass is 16.5. The van der Waals surface area contributed by atoms with Gasteiger partial charge < -0.3 is 24.8 Å². The molecule has 2 aliphatic carbocycles. The highest BCUT2D eigenvalue weighted by molar-refractivity contribution is 5.54. The summed E-state index contributed by atoms with van der Waals surface area (Å²) in [5.41, 5.74) is 17.3. The molecule has 0 atom stereocenters. The molecule has 2 N–H and O–H groups in total. The molecule has 7 aliphatic rings. The predicted molar refractivity (Wildman–Crippen MR) is 402 cm³/mol. The minimum atomic E-state index is 0.802. The molecule has 5 heteroatoms. The van der Waals surface area contributed by atoms with Crippen LogP contribution in [0.4, 0.5) is 5.69 Å². The smallest absolute Gasteiger partial charge is 0.122 e. The maximum absolute atomic E-state index is 5.30. The van der Waals surface area contributed by atoms with Crippen molar-refractivity contribution in [2.45, 2.75) is 229 Å². The molecule has 0 bridgehead atoms. The van der Waals surface area contributed by atoms with Crippen molar-refractivity contribution in [2.75, 3.05) is 25.1 Å². The van der Waals surface area contributed by atoms with Crippen LogP contribution in [-0.2, 0) is 76.0 Å². The van der Waals surface area contributed by atoms with Gasteiger partial charge in [0.2, 0.25) is 0 Å². The minimum absolute atomic E-state index is 0.802. The number of ether oxygens (including phenoxy) is 3. The largest absolute Gasteiger partial charge is 0.493 e. The summed E-state index contributed by atoms with van der Waals surface area (Å²) >= 11 is 0. The molecule has 5 heterocycles. The van der Waals surface area contributed by atoms with Gasteiger partial charge in [0.25, 0.3) is 0 Å². The van der Waals surface area contributed by atoms with Crippen molar-refractivity contribution in [1.29, 1.82) is 0 Å². The van der Waals surface area contributed by atoms with E-state index in [2.05, 4.69) is 277 Å². The molecule has 0 spiro atoms. The van der Waals surface area contributed by atoms with Crippen LogP contribution in [0.1, 0.15) is 219 Å². The fraction of sp³-hybridized carbons (Fsp3) is 0.512. The van der Waals surface area contributed by atoms with E-state index in [1.54, 1.807) is 22.3 Å². The first-order chi connectivity index (χ1) is 43.4. The van der Waals surface area contributed by atoms with Gasteiger partial charge in [-0.3, -0.25) is 0 Å². The van der Waals surface area contributed by atoms with E-state index in [0.29, 0.717) is 0 Å². The second kappa shape index (κ2) is 51.4. The maximum Gasteiger partial charge on any atom is 0.122 e. The van der Waals surface area contributed by atoms with E-state index < -0.39 is 0 Å². The molecule has 14 rings (SSSR count). The van der Waals surface area contributed by atoms with Gasteiger partial charge in [-0.2, -0.15) is 0 Å². The molecule has 0 amide bonds. The Hall–Kier alpha value is -6.14. The van der Waals surface area contributed by atoms with E-state index in [1.165, 1.54) is 89.6 Å². The number of hydrogen-bond acceptors (Lipinski definition) is 5. The zero-order valence-corrected chi connectivity index (χ0v) is 61.7. The van der Waals surface area contributed by atoms with Crippen molar-refractivity contribution in [2.24, 2.45) is 41.4 Å². The average molecular weight is 1240 g/mol. The minimum Gasteiger partial charge on any atom is -0.493 e. The first-order valence-electron chi connectivity index (χ1n) is 35.2. The number of fused-ring (bicyclic) bond motifs is 7. The third-order valence-electron chi connectivity index (χ3n) is 12.3. The summed E-state index contributed by atoms with van der Waals surface area (Å²) < 4.78 is 15.8. The van der Waals surface area contributed by atoms with Gasteiger partial charge in [0.05, 0.1) is 26.4 Å². The molecule has 0 unspecified atom stereocenters. The first-order valence-corrected chi connectivity index (χ1v) is 35.2. The number of anilines is 1. The lowest BCUT2D eigenvalue weighted by atomic mass is 10.1. The third kappa shape index (κ3) is 44.1. The topological polar surface area (TPSA) is 51.8 Å². The predicted octanol–water partition coefficient (Wildman–Crippen LogP) is 23.9. The quantitative estimate of drug-likeness (QED) is 0.158. The van der Waals surface area contributed by atoms with Crippen LogP contribution in [0.5, 0.6) is 11.5 Å². The number of aryl methyl sites for hydroxylation is 4. The highest BCUT2D eigenvalue weighted by Gasteiger charge is 2.12. The molecule has 0 radical (unpaired) electrons. The number of benzene rings is 7. The van der Waals surface area contributed by atoms with Gasteiger partial charge in [-0.1, -0.05) is 297 Å². The molecule has 7 aromatic carbocycles. The molecule has 0 saturated heterocycles. The van der Waals surface area contributed by atoms with Crippen molar-refractivity contribution in [1.82, 2.24) is 5.32 Å². The maximum atomic E-state index is 5.30. The molecule has 5 aliphatic heterocycles. The Morgan fingerprint density at radius 3 is 0.813 bits per heavy atom. The molecular weight excluding hydrogens is 1110 g/mol. The van der Waals surface area contributed by atoms with Crippen LogP contribution in [0.2, 0.25) is 0 Å². The summed E-state index contributed by atoms with van der Waals surface area (Å²) in [5.74, 6) is 7.97. The van der Waals surface area contributed by atoms with Crippen LogP contribution in [0.25, 0.3) is 0 Å². The Kier molecular flexibility index (Phi) is 46.8. The van der Waals surface area contributed by atoms with E-state index in [4.69, 9.17) is 14.2 Å². The van der Waals surface area contributed by atoms with Crippen molar-refractivity contribution in [3.05, 3.63) is 231 Å². The van der Waals surface area contributed by atoms with Gasteiger partial charge in [0.1, 0.15) is 11.5 Å². The lowest BCUT2D eigenvalue weighted by Gasteiger charge is -1.94. The summed E-state index contributed by atoms with van der Waals surface area (Å²) in [6.45, 7) is 52.0. The van der Waals surface area contributed by atoms with E-state index >= 15 is 0 Å². The Morgan fingerprint density at radius 2 is 0.516 bits per heavy atom. The SMILES string of the molecule is CC(C)C.CC(C)C.CC(C)C.CC(C)C.CC(C)C.CC(C)C.CC(C)C.c1ccc2c(c1)CCC2.c1ccc2c(c1)CCC2.c1ccc2c(c1)CCN2.c1ccc2c(c1)CCO2.c1ccc2c(c1)CCO2.c1ccc2c(c1)CNC2.c1ccc2c(c1)COC2. The number of para-hydroxylation sites is 3. The lowest BCUT2D eigenvalue weighted by Crippen LogP contribution is -1.99. The van der Waals surface area contributed by atoms with Crippen LogP contribution in [0, 0.1) is 41.4 Å². The van der Waals surface area contributed by atoms with Crippen LogP contribution in [0.3, 0.4) is 0 Å². The third-order valence-corrected chi connectivity index (χ3v) is 12.3. The summed E-state index contributed by atoms with van der Waals surface area (Å²) in [6.07, 6.45) is 11.3. The van der Waals surface area contributed by atoms with E-state index in [0.717, 1.165) is 112 Å². The molecule has 0 saturated carbocycles. The van der Waals surface area contributed by atoms with Gasteiger partial charge in [-0.05, 0) is 166 Å². The second-order valence-corrected chi connectivity index (χ2v) is 28.7. The molecule has 504 valence electrons. The van der Waals surface area contributed by atoms with Gasteiger partial charge in [0.15, 0.2) is 0 Å². The Labute approximate surface area is 560 Å². The summed E-state index contributed by atoms with van der Waals surface area (Å²) in [7, 11) is 0. The van der Waals surface area contributed by atoms with Gasteiger partial charge in [-0.25, -0.2) is 0 Å². The summed E-state index contributed by atoms with van der Waals surface area (Å²) in [4.78, 5) is 0. The fourth-order valence-corrected chi connectivity index (χ4v) is 8.86. The zero-order valence-electron chi connectivity index (χ0n) is 61.7. The van der Waals surface area contributed by atoms with Gasteiger partial charge >= 0.3 is 0 Å². The van der Waals surface area contributed by atoms with Crippen molar-refractivity contribution >= 4 is 5.69 Å². The van der Waals surface area contributed by atoms with Crippen molar-refractivity contribution in [3.63, 3.8) is 0 Å². The van der Waals surface area contributed by atoms with Crippen LogP contribution >= 0.6 is 0 Å². The monoisotopic (exact) mass is 1240 g/mol. The second-order valence-electron chi connectivity index (χ2n) is 28.7. The van der Waals surface area contributed by atoms with Gasteiger partial charge in [-0.15, -0.1) is 0 Å². The zero-order chi connectivity index (χ0) is 67.8. The lowest BCUT2D eigenvalue weighted by molar-refractivity contribution is 0.134. The number of hydrogen-bond donors (Lipinski definition) is 2. The molecule has 7 aromatic rings. The molecule has 91 heavy (non-hydrogen) atoms. The normalized spacial score (nSPS) is 13.3. The average Bonchev–Trinajstić information content (AvgIpc) is 4.41. The van der Waals surface area contributed by atoms with Gasteiger partial charge in [0, 0.05) is 38.2 Å². The highest BCUT2D eigenvalue weighted by Crippen LogP contribution is 2.26. The van der Waals surface area contributed by atoms with E-state index in [-0.39, 0.29) is 0 Å². The fourth-order valence-electron chi connectivity index (χ4n) is 8.86. The Balaban J connectivity index is 0.000000498. The Bertz CT molecular complexity index is 2130. The van der Waals surface area contributed by atoms with Crippen LogP contribution in [0.15, 0.2) is 170 Å². The van der Waals surface area contributed by atoms with E-state index in [1.807, 2.05) is 48.5 Å². The van der Waals surface area contributed by atoms with Crippen LogP contribution < -0.4 is 20.1 Å². The van der Waals surface area contributed by atoms with Crippen molar-refractivity contribution in [3.8, 4) is 11.5 Å². The standard InChI is InChI=1S/2C9H10.2C8H9N.3C8H8O.7C4H10/c2*1-2-5-9-7-3-6-8(9)4-1;1-2-4-8-6-9-5-7(8)3-1;1-2-4-8-7(3-1)5-6-9-8;1-2-4-8-6-9-5-7(8)3-1;2*1-2-4-8-7(3-1)5-6-9-8;7*1-4(2)3/h2*1-2,4-5H,3,6-7H2;2*1-4,9H,5-6H2;3*1-4H,5-6H2;7*4H,1-3H3. The molecular formula is C86H132N2O3. The molecule has 0 fully saturated rings. The first kappa shape index (κ1) is 82.9. The molecule has 0 aromatic heterocycles. The summed E-state index contributed by atoms with van der Waals surface area (Å²) in [6, 6.07) is 59.2. The number of nitrogens with one attached hydrogen (secondary N) is 2.